The summed E-state index contributed by atoms with van der Waals surface area (Å²) in [5, 5.41) is 0. The maximum atomic E-state index is 5.24. The van der Waals surface area contributed by atoms with Gasteiger partial charge >= 0.3 is 0 Å². The fraction of sp³-hybridized carbons (Fsp3) is 0.333. The average Bonchev–Trinajstić information content (AvgIpc) is 2.91. The Morgan fingerprint density at radius 2 is 1.85 bits per heavy atom. The monoisotopic (exact) mass is 268 g/mol. The van der Waals surface area contributed by atoms with Gasteiger partial charge in [-0.3, -0.25) is 0 Å². The molecule has 1 atom stereocenters. The molecule has 0 amide bonds. The van der Waals surface area contributed by atoms with E-state index >= 15 is 0 Å². The SMILES string of the molecule is COCc1ccc2c(c1)C(c1ccc(OC)cc1)CC2. The molecule has 0 saturated heterocycles. The molecule has 0 saturated carbocycles. The van der Waals surface area contributed by atoms with Gasteiger partial charge in [-0.2, -0.15) is 0 Å². The third kappa shape index (κ3) is 2.44. The number of aryl methyl sites for hydroxylation is 1. The van der Waals surface area contributed by atoms with Gasteiger partial charge in [0.2, 0.25) is 0 Å². The average molecular weight is 268 g/mol. The lowest BCUT2D eigenvalue weighted by atomic mass is 9.92. The van der Waals surface area contributed by atoms with Gasteiger partial charge in [-0.1, -0.05) is 30.3 Å². The fourth-order valence-electron chi connectivity index (χ4n) is 3.09. The van der Waals surface area contributed by atoms with Crippen LogP contribution in [-0.4, -0.2) is 14.2 Å². The number of benzene rings is 2. The quantitative estimate of drug-likeness (QED) is 0.836. The maximum Gasteiger partial charge on any atom is 0.118 e. The van der Waals surface area contributed by atoms with Crippen LogP contribution in [-0.2, 0) is 17.8 Å². The van der Waals surface area contributed by atoms with Crippen LogP contribution in [0.5, 0.6) is 5.75 Å². The molecule has 2 aromatic rings. The predicted octanol–water partition coefficient (Wildman–Crippen LogP) is 3.92. The summed E-state index contributed by atoms with van der Waals surface area (Å²) in [5.74, 6) is 1.42. The Kier molecular flexibility index (Phi) is 3.75. The van der Waals surface area contributed by atoms with Crippen LogP contribution in [0.25, 0.3) is 0 Å². The van der Waals surface area contributed by atoms with Gasteiger partial charge in [0.15, 0.2) is 0 Å². The molecule has 0 radical (unpaired) electrons. The van der Waals surface area contributed by atoms with Crippen LogP contribution in [0.1, 0.15) is 34.6 Å². The van der Waals surface area contributed by atoms with E-state index in [1.54, 1.807) is 14.2 Å². The van der Waals surface area contributed by atoms with Crippen molar-refractivity contribution >= 4 is 0 Å². The zero-order chi connectivity index (χ0) is 13.9. The van der Waals surface area contributed by atoms with Crippen LogP contribution in [0.4, 0.5) is 0 Å². The molecule has 2 aromatic carbocycles. The molecule has 1 aliphatic rings. The minimum atomic E-state index is 0.507. The van der Waals surface area contributed by atoms with Crippen molar-refractivity contribution in [3.63, 3.8) is 0 Å². The van der Waals surface area contributed by atoms with E-state index in [4.69, 9.17) is 9.47 Å². The topological polar surface area (TPSA) is 18.5 Å². The normalized spacial score (nSPS) is 17.0. The van der Waals surface area contributed by atoms with E-state index in [-0.39, 0.29) is 0 Å². The molecule has 0 heterocycles. The molecule has 0 fully saturated rings. The highest BCUT2D eigenvalue weighted by Gasteiger charge is 2.24. The second kappa shape index (κ2) is 5.68. The summed E-state index contributed by atoms with van der Waals surface area (Å²) in [5.41, 5.74) is 5.57. The summed E-state index contributed by atoms with van der Waals surface area (Å²) in [4.78, 5) is 0. The van der Waals surface area contributed by atoms with Crippen molar-refractivity contribution in [3.8, 4) is 5.75 Å². The Hall–Kier alpha value is -1.80. The Balaban J connectivity index is 1.92. The van der Waals surface area contributed by atoms with Crippen molar-refractivity contribution in [1.29, 1.82) is 0 Å². The van der Waals surface area contributed by atoms with E-state index in [0.717, 1.165) is 5.75 Å². The van der Waals surface area contributed by atoms with Crippen molar-refractivity contribution in [3.05, 3.63) is 64.7 Å². The molecule has 104 valence electrons. The van der Waals surface area contributed by atoms with Gasteiger partial charge in [-0.15, -0.1) is 0 Å². The lowest BCUT2D eigenvalue weighted by Crippen LogP contribution is -1.98. The lowest BCUT2D eigenvalue weighted by molar-refractivity contribution is 0.185. The Morgan fingerprint density at radius 3 is 2.55 bits per heavy atom. The van der Waals surface area contributed by atoms with E-state index in [9.17, 15) is 0 Å². The van der Waals surface area contributed by atoms with Crippen LogP contribution in [0.2, 0.25) is 0 Å². The van der Waals surface area contributed by atoms with Gasteiger partial charge < -0.3 is 9.47 Å². The zero-order valence-electron chi connectivity index (χ0n) is 12.1. The van der Waals surface area contributed by atoms with Gasteiger partial charge in [0.1, 0.15) is 5.75 Å². The van der Waals surface area contributed by atoms with Crippen molar-refractivity contribution in [2.75, 3.05) is 14.2 Å². The molecular weight excluding hydrogens is 248 g/mol. The Bertz CT molecular complexity index is 587. The summed E-state index contributed by atoms with van der Waals surface area (Å²) in [6.07, 6.45) is 2.36. The van der Waals surface area contributed by atoms with Crippen molar-refractivity contribution in [2.24, 2.45) is 0 Å². The summed E-state index contributed by atoms with van der Waals surface area (Å²) in [6, 6.07) is 15.2. The Labute approximate surface area is 120 Å². The second-order valence-corrected chi connectivity index (χ2v) is 5.33. The molecule has 0 N–H and O–H groups in total. The van der Waals surface area contributed by atoms with Crippen LogP contribution >= 0.6 is 0 Å². The zero-order valence-corrected chi connectivity index (χ0v) is 12.1. The number of fused-ring (bicyclic) bond motifs is 1. The third-order valence-corrected chi connectivity index (χ3v) is 4.12. The van der Waals surface area contributed by atoms with Gasteiger partial charge in [0, 0.05) is 13.0 Å². The van der Waals surface area contributed by atoms with Gasteiger partial charge in [0.05, 0.1) is 13.7 Å². The largest absolute Gasteiger partial charge is 0.497 e. The van der Waals surface area contributed by atoms with E-state index < -0.39 is 0 Å². The van der Waals surface area contributed by atoms with Crippen molar-refractivity contribution in [2.45, 2.75) is 25.4 Å². The molecule has 1 aliphatic carbocycles. The number of methoxy groups -OCH3 is 2. The van der Waals surface area contributed by atoms with Crippen LogP contribution in [0, 0.1) is 0 Å². The number of hydrogen-bond acceptors (Lipinski definition) is 2. The first-order valence-corrected chi connectivity index (χ1v) is 7.06. The van der Waals surface area contributed by atoms with Crippen molar-refractivity contribution in [1.82, 2.24) is 0 Å². The van der Waals surface area contributed by atoms with Gasteiger partial charge in [0.25, 0.3) is 0 Å². The highest BCUT2D eigenvalue weighted by atomic mass is 16.5. The molecule has 1 unspecified atom stereocenters. The summed E-state index contributed by atoms with van der Waals surface area (Å²) in [6.45, 7) is 0.683. The number of hydrogen-bond donors (Lipinski definition) is 0. The maximum absolute atomic E-state index is 5.24. The molecule has 0 aliphatic heterocycles. The highest BCUT2D eigenvalue weighted by molar-refractivity contribution is 5.45. The molecule has 0 aromatic heterocycles. The molecule has 2 heteroatoms. The molecule has 0 spiro atoms. The van der Waals surface area contributed by atoms with Crippen LogP contribution in [0.15, 0.2) is 42.5 Å². The van der Waals surface area contributed by atoms with E-state index in [0.29, 0.717) is 12.5 Å². The first kappa shape index (κ1) is 13.2. The molecule has 2 nitrogen and oxygen atoms in total. The Morgan fingerprint density at radius 1 is 1.05 bits per heavy atom. The van der Waals surface area contributed by atoms with Gasteiger partial charge in [-0.05, 0) is 47.2 Å². The van der Waals surface area contributed by atoms with Gasteiger partial charge in [-0.25, -0.2) is 0 Å². The van der Waals surface area contributed by atoms with E-state index in [2.05, 4.69) is 30.3 Å². The first-order chi connectivity index (χ1) is 9.81. The lowest BCUT2D eigenvalue weighted by Gasteiger charge is -2.14. The predicted molar refractivity (Wildman–Crippen MR) is 80.3 cm³/mol. The molecule has 20 heavy (non-hydrogen) atoms. The minimum absolute atomic E-state index is 0.507. The smallest absolute Gasteiger partial charge is 0.118 e. The molecule has 0 bridgehead atoms. The molecule has 3 rings (SSSR count). The molecular formula is C18H20O2. The fourth-order valence-corrected chi connectivity index (χ4v) is 3.09. The number of rotatable bonds is 4. The standard InChI is InChI=1S/C18H20O2/c1-19-12-13-3-4-15-7-10-17(18(15)11-13)14-5-8-16(20-2)9-6-14/h3-6,8-9,11,17H,7,10,12H2,1-2H3. The summed E-state index contributed by atoms with van der Waals surface area (Å²) >= 11 is 0. The summed E-state index contributed by atoms with van der Waals surface area (Å²) in [7, 11) is 3.45. The van der Waals surface area contributed by atoms with E-state index in [1.807, 2.05) is 12.1 Å². The highest BCUT2D eigenvalue weighted by Crippen LogP contribution is 2.39. The van der Waals surface area contributed by atoms with Crippen molar-refractivity contribution < 1.29 is 9.47 Å². The van der Waals surface area contributed by atoms with Crippen LogP contribution < -0.4 is 4.74 Å². The minimum Gasteiger partial charge on any atom is -0.497 e. The van der Waals surface area contributed by atoms with Crippen LogP contribution in [0.3, 0.4) is 0 Å². The first-order valence-electron chi connectivity index (χ1n) is 7.06. The summed E-state index contributed by atoms with van der Waals surface area (Å²) < 4.78 is 10.5. The number of ether oxygens (including phenoxy) is 2. The van der Waals surface area contributed by atoms with E-state index in [1.165, 1.54) is 35.1 Å². The third-order valence-electron chi connectivity index (χ3n) is 4.12. The second-order valence-electron chi connectivity index (χ2n) is 5.33.